The molecule has 0 saturated carbocycles. The van der Waals surface area contributed by atoms with Crippen LogP contribution < -0.4 is 43.3 Å². The summed E-state index contributed by atoms with van der Waals surface area (Å²) in [5, 5.41) is 0. The molecule has 4 nitrogen and oxygen atoms in total. The van der Waals surface area contributed by atoms with Crippen molar-refractivity contribution >= 4 is 11.1 Å². The third-order valence-electron chi connectivity index (χ3n) is 7.82. The lowest BCUT2D eigenvalue weighted by molar-refractivity contribution is -0.857. The van der Waals surface area contributed by atoms with Crippen LogP contribution in [0.25, 0.3) is 11.1 Å². The zero-order chi connectivity index (χ0) is 21.2. The van der Waals surface area contributed by atoms with Crippen LogP contribution in [0.4, 0.5) is 0 Å². The number of aromatic nitrogens is 4. The van der Waals surface area contributed by atoms with E-state index in [1.165, 1.54) is 48.1 Å². The van der Waals surface area contributed by atoms with Crippen molar-refractivity contribution < 1.29 is 43.3 Å². The Kier molecular flexibility index (Phi) is 7.66. The molecule has 3 heterocycles. The lowest BCUT2D eigenvalue weighted by Crippen LogP contribution is -3.00. The van der Waals surface area contributed by atoms with Crippen molar-refractivity contribution in [3.63, 3.8) is 0 Å². The van der Waals surface area contributed by atoms with Crippen LogP contribution in [-0.4, -0.2) is 9.36 Å². The molecule has 2 atom stereocenters. The average Bonchev–Trinajstić information content (AvgIpc) is 3.22. The Hall–Kier alpha value is -1.14. The van der Waals surface area contributed by atoms with Gasteiger partial charge in [0.15, 0.2) is 6.20 Å². The summed E-state index contributed by atoms with van der Waals surface area (Å²) in [6, 6.07) is 0. The summed E-state index contributed by atoms with van der Waals surface area (Å²) >= 11 is 0. The largest absolute Gasteiger partial charge is 1.00 e. The van der Waals surface area contributed by atoms with Crippen molar-refractivity contribution in [3.05, 3.63) is 46.1 Å². The molecule has 0 aromatic carbocycles. The maximum atomic E-state index is 2.62. The standard InChI is InChI=1S/C26H38N4.2BrH/c1-17(2)21-9-8-20(6)25-24(21)16-28-12-11-27-15-23-19(5)7-10-22(18(3)4)26(23)30(27)14-13-29(25)28;;/h15-16,19-20H,7-14H2,1-6H3;2*1H/q+2;;/p-2/t19-,20-;;/m0../s1. The van der Waals surface area contributed by atoms with Crippen LogP contribution in [0.15, 0.2) is 23.5 Å². The van der Waals surface area contributed by atoms with E-state index >= 15 is 0 Å². The monoisotopic (exact) mass is 564 g/mol. The maximum absolute atomic E-state index is 2.62. The van der Waals surface area contributed by atoms with Crippen LogP contribution in [0.2, 0.25) is 0 Å². The van der Waals surface area contributed by atoms with Crippen molar-refractivity contribution in [1.82, 2.24) is 9.36 Å². The lowest BCUT2D eigenvalue weighted by Gasteiger charge is -2.23. The molecule has 0 radical (unpaired) electrons. The van der Waals surface area contributed by atoms with Gasteiger partial charge in [-0.2, -0.15) is 9.36 Å². The van der Waals surface area contributed by atoms with Crippen molar-refractivity contribution in [2.45, 2.75) is 105 Å². The first kappa shape index (κ1) is 25.5. The molecule has 0 bridgehead atoms. The third-order valence-corrected chi connectivity index (χ3v) is 7.82. The minimum atomic E-state index is 0. The highest BCUT2D eigenvalue weighted by Crippen LogP contribution is 2.41. The highest BCUT2D eigenvalue weighted by Gasteiger charge is 2.36. The van der Waals surface area contributed by atoms with Crippen LogP contribution in [0.1, 0.15) is 102 Å². The Morgan fingerprint density at radius 1 is 0.781 bits per heavy atom. The van der Waals surface area contributed by atoms with Crippen LogP contribution in [0, 0.1) is 0 Å². The molecule has 0 spiro atoms. The first-order valence-corrected chi connectivity index (χ1v) is 12.0. The number of nitrogens with zero attached hydrogens (tertiary/aromatic N) is 4. The van der Waals surface area contributed by atoms with Crippen LogP contribution >= 0.6 is 0 Å². The average molecular weight is 566 g/mol. The van der Waals surface area contributed by atoms with Gasteiger partial charge in [0.25, 0.3) is 0 Å². The fourth-order valence-electron chi connectivity index (χ4n) is 6.10. The zero-order valence-corrected chi connectivity index (χ0v) is 23.7. The second-order valence-corrected chi connectivity index (χ2v) is 10.3. The van der Waals surface area contributed by atoms with Crippen LogP contribution in [0.3, 0.4) is 0 Å². The summed E-state index contributed by atoms with van der Waals surface area (Å²) in [6.07, 6.45) is 9.92. The molecule has 6 heteroatoms. The Morgan fingerprint density at radius 3 is 2.00 bits per heavy atom. The molecule has 0 saturated heterocycles. The van der Waals surface area contributed by atoms with E-state index in [4.69, 9.17) is 0 Å². The van der Waals surface area contributed by atoms with E-state index in [2.05, 4.69) is 72.7 Å². The Balaban J connectivity index is 0.00000144. The smallest absolute Gasteiger partial charge is 0.232 e. The normalized spacial score (nSPS) is 21.7. The summed E-state index contributed by atoms with van der Waals surface area (Å²) in [4.78, 5) is 0. The molecule has 2 aromatic heterocycles. The number of aryl methyl sites for hydroxylation is 2. The maximum Gasteiger partial charge on any atom is 0.232 e. The van der Waals surface area contributed by atoms with Gasteiger partial charge < -0.3 is 34.0 Å². The molecule has 5 rings (SSSR count). The van der Waals surface area contributed by atoms with E-state index in [-0.39, 0.29) is 34.0 Å². The van der Waals surface area contributed by atoms with Gasteiger partial charge >= 0.3 is 0 Å². The first-order valence-electron chi connectivity index (χ1n) is 12.0. The van der Waals surface area contributed by atoms with Gasteiger partial charge in [-0.05, 0) is 70.4 Å². The summed E-state index contributed by atoms with van der Waals surface area (Å²) in [7, 11) is 0. The fraction of sp³-hybridized carbons (Fsp3) is 0.615. The molecule has 1 aliphatic heterocycles. The van der Waals surface area contributed by atoms with E-state index in [1.54, 1.807) is 22.4 Å². The summed E-state index contributed by atoms with van der Waals surface area (Å²) < 4.78 is 10.3. The van der Waals surface area contributed by atoms with E-state index in [9.17, 15) is 0 Å². The van der Waals surface area contributed by atoms with Gasteiger partial charge in [-0.15, -0.1) is 9.36 Å². The molecule has 0 unspecified atom stereocenters. The summed E-state index contributed by atoms with van der Waals surface area (Å²) in [5.74, 6) is 1.30. The molecule has 0 amide bonds. The van der Waals surface area contributed by atoms with E-state index in [0.717, 1.165) is 26.2 Å². The molecule has 2 aromatic rings. The van der Waals surface area contributed by atoms with Gasteiger partial charge in [-0.25, -0.2) is 0 Å². The van der Waals surface area contributed by atoms with E-state index in [1.807, 2.05) is 0 Å². The van der Waals surface area contributed by atoms with Gasteiger partial charge in [-0.3, -0.25) is 0 Å². The summed E-state index contributed by atoms with van der Waals surface area (Å²) in [6.45, 7) is 18.2. The van der Waals surface area contributed by atoms with Gasteiger partial charge in [0.05, 0.1) is 16.8 Å². The Bertz CT molecular complexity index is 1080. The summed E-state index contributed by atoms with van der Waals surface area (Å²) in [5.41, 5.74) is 12.3. The predicted molar refractivity (Wildman–Crippen MR) is 121 cm³/mol. The van der Waals surface area contributed by atoms with E-state index in [0.29, 0.717) is 11.8 Å². The molecule has 2 aliphatic carbocycles. The number of rotatable bonds is 0. The second kappa shape index (κ2) is 9.61. The number of halogens is 2. The molecule has 0 N–H and O–H groups in total. The quantitative estimate of drug-likeness (QED) is 0.364. The van der Waals surface area contributed by atoms with Crippen molar-refractivity contribution in [1.29, 1.82) is 0 Å². The number of hydrogen-bond donors (Lipinski definition) is 0. The minimum Gasteiger partial charge on any atom is -1.00 e. The predicted octanol–water partition coefficient (Wildman–Crippen LogP) is -1.03. The highest BCUT2D eigenvalue weighted by atomic mass is 79.9. The van der Waals surface area contributed by atoms with Gasteiger partial charge in [0, 0.05) is 5.92 Å². The number of fused-ring (bicyclic) bond motifs is 6. The first-order chi connectivity index (χ1) is 14.4. The molecule has 3 aliphatic rings. The second-order valence-electron chi connectivity index (χ2n) is 10.3. The molecular formula is C26H38Br2N4. The molecule has 176 valence electrons. The van der Waals surface area contributed by atoms with Gasteiger partial charge in [0.2, 0.25) is 19.3 Å². The molecule has 32 heavy (non-hydrogen) atoms. The van der Waals surface area contributed by atoms with Gasteiger partial charge in [0.1, 0.15) is 18.8 Å². The zero-order valence-electron chi connectivity index (χ0n) is 20.5. The van der Waals surface area contributed by atoms with Crippen molar-refractivity contribution in [2.24, 2.45) is 0 Å². The number of hydrogen-bond acceptors (Lipinski definition) is 0. The number of allylic oxidation sites excluding steroid dienone is 4. The molecular weight excluding hydrogens is 528 g/mol. The fourth-order valence-corrected chi connectivity index (χ4v) is 6.10. The van der Waals surface area contributed by atoms with Gasteiger partial charge in [-0.1, -0.05) is 25.0 Å². The Labute approximate surface area is 214 Å². The molecule has 0 fully saturated rings. The third kappa shape index (κ3) is 4.00. The lowest BCUT2D eigenvalue weighted by atomic mass is 9.83. The highest BCUT2D eigenvalue weighted by molar-refractivity contribution is 5.71. The SMILES string of the molecule is CC(C)=C1CC[C@H](C)c2c1c[n+]1n2CCn2c3c(c[n+]2CC1)[C@@H](C)CCC3=C(C)C.[Br-].[Br-]. The minimum absolute atomic E-state index is 0. The topological polar surface area (TPSA) is 17.6 Å². The van der Waals surface area contributed by atoms with Crippen LogP contribution in [0.5, 0.6) is 0 Å². The van der Waals surface area contributed by atoms with Crippen LogP contribution in [-0.2, 0) is 26.2 Å². The van der Waals surface area contributed by atoms with Crippen molar-refractivity contribution in [3.8, 4) is 0 Å². The van der Waals surface area contributed by atoms with Crippen molar-refractivity contribution in [2.75, 3.05) is 0 Å². The Morgan fingerprint density at radius 2 is 1.34 bits per heavy atom. The van der Waals surface area contributed by atoms with E-state index < -0.39 is 0 Å².